The first-order valence-corrected chi connectivity index (χ1v) is 15.6. The van der Waals surface area contributed by atoms with Crippen molar-refractivity contribution in [3.8, 4) is 5.75 Å². The maximum Gasteiger partial charge on any atom is 0.416 e. The molecule has 0 saturated carbocycles. The molecule has 1 heterocycles. The van der Waals surface area contributed by atoms with E-state index in [1.54, 1.807) is 43.3 Å². The van der Waals surface area contributed by atoms with E-state index in [0.29, 0.717) is 43.1 Å². The van der Waals surface area contributed by atoms with Gasteiger partial charge < -0.3 is 24.8 Å². The second-order valence-electron chi connectivity index (χ2n) is 10.2. The van der Waals surface area contributed by atoms with Crippen LogP contribution in [-0.4, -0.2) is 63.7 Å². The van der Waals surface area contributed by atoms with E-state index in [4.69, 9.17) is 9.47 Å². The lowest BCUT2D eigenvalue weighted by molar-refractivity contribution is -0.137. The Morgan fingerprint density at radius 3 is 2.23 bits per heavy atom. The number of amides is 1. The Morgan fingerprint density at radius 2 is 1.67 bits per heavy atom. The van der Waals surface area contributed by atoms with Gasteiger partial charge in [0.15, 0.2) is 9.84 Å². The van der Waals surface area contributed by atoms with Crippen molar-refractivity contribution in [1.82, 2.24) is 5.32 Å². The van der Waals surface area contributed by atoms with E-state index >= 15 is 0 Å². The summed E-state index contributed by atoms with van der Waals surface area (Å²) in [6.45, 7) is 4.50. The van der Waals surface area contributed by atoms with Gasteiger partial charge in [-0.3, -0.25) is 4.79 Å². The van der Waals surface area contributed by atoms with E-state index in [1.807, 2.05) is 6.92 Å². The zero-order chi connectivity index (χ0) is 31.2. The fourth-order valence-electron chi connectivity index (χ4n) is 4.96. The number of ether oxygens (including phenoxy) is 2. The van der Waals surface area contributed by atoms with Crippen molar-refractivity contribution >= 4 is 21.4 Å². The minimum atomic E-state index is -4.42. The van der Waals surface area contributed by atoms with E-state index in [-0.39, 0.29) is 29.4 Å². The van der Waals surface area contributed by atoms with Gasteiger partial charge >= 0.3 is 6.18 Å². The number of alkyl halides is 3. The summed E-state index contributed by atoms with van der Waals surface area (Å²) in [5.41, 5.74) is 1.02. The molecule has 1 amide bonds. The van der Waals surface area contributed by atoms with Crippen LogP contribution in [0.5, 0.6) is 5.75 Å². The van der Waals surface area contributed by atoms with Crippen LogP contribution in [-0.2, 0) is 20.8 Å². The lowest BCUT2D eigenvalue weighted by atomic mass is 10.1. The molecular weight excluding hydrogens is 585 g/mol. The maximum absolute atomic E-state index is 13.0. The molecule has 3 aromatic rings. The summed E-state index contributed by atoms with van der Waals surface area (Å²) in [4.78, 5) is 15.3. The average molecular weight is 621 g/mol. The van der Waals surface area contributed by atoms with Crippen LogP contribution in [0.3, 0.4) is 0 Å². The first-order valence-electron chi connectivity index (χ1n) is 14.0. The minimum Gasteiger partial charge on any atom is -0.489 e. The number of benzene rings is 3. The molecule has 8 nitrogen and oxygen atoms in total. The number of carbonyl (C=O) groups is 1. The van der Waals surface area contributed by atoms with Gasteiger partial charge in [-0.05, 0) is 73.2 Å². The molecule has 0 spiro atoms. The van der Waals surface area contributed by atoms with E-state index in [0.717, 1.165) is 17.8 Å². The number of nitrogens with one attached hydrogen (secondary N) is 1. The molecule has 0 radical (unpaired) electrons. The number of hydrogen-bond acceptors (Lipinski definition) is 7. The van der Waals surface area contributed by atoms with Crippen molar-refractivity contribution in [1.29, 1.82) is 0 Å². The SMILES string of the molecule is CCOC[C@@H]1CC(Oc2ccc(C(F)(F)F)cc2)CN1c1ccc(C(=O)NC(CO)c2ccc(S(=O)(=O)CC)cc2)cc1. The summed E-state index contributed by atoms with van der Waals surface area (Å²) in [6.07, 6.45) is -4.10. The van der Waals surface area contributed by atoms with Crippen LogP contribution in [0.2, 0.25) is 0 Å². The first kappa shape index (κ1) is 32.3. The molecule has 0 aliphatic carbocycles. The van der Waals surface area contributed by atoms with Crippen LogP contribution in [0.15, 0.2) is 77.7 Å². The van der Waals surface area contributed by atoms with Crippen LogP contribution < -0.4 is 15.0 Å². The number of anilines is 1. The number of aliphatic hydroxyl groups is 1. The Balaban J connectivity index is 1.42. The highest BCUT2D eigenvalue weighted by Crippen LogP contribution is 2.32. The van der Waals surface area contributed by atoms with Crippen LogP contribution >= 0.6 is 0 Å². The second kappa shape index (κ2) is 13.8. The molecule has 1 saturated heterocycles. The predicted octanol–water partition coefficient (Wildman–Crippen LogP) is 5.03. The van der Waals surface area contributed by atoms with Gasteiger partial charge in [0.1, 0.15) is 11.9 Å². The Bertz CT molecular complexity index is 1460. The molecule has 3 aromatic carbocycles. The van der Waals surface area contributed by atoms with Crippen LogP contribution in [0.1, 0.15) is 47.8 Å². The number of halogens is 3. The molecule has 0 aromatic heterocycles. The van der Waals surface area contributed by atoms with Gasteiger partial charge in [0, 0.05) is 24.3 Å². The Morgan fingerprint density at radius 1 is 1.02 bits per heavy atom. The molecule has 1 aliphatic rings. The van der Waals surface area contributed by atoms with Crippen LogP contribution in [0, 0.1) is 0 Å². The molecule has 43 heavy (non-hydrogen) atoms. The van der Waals surface area contributed by atoms with Gasteiger partial charge in [-0.25, -0.2) is 8.42 Å². The second-order valence-corrected chi connectivity index (χ2v) is 12.5. The fourth-order valence-corrected chi connectivity index (χ4v) is 5.84. The highest BCUT2D eigenvalue weighted by atomic mass is 32.2. The molecular formula is C31H35F3N2O6S. The summed E-state index contributed by atoms with van der Waals surface area (Å²) in [5, 5.41) is 12.7. The van der Waals surface area contributed by atoms with Gasteiger partial charge in [0.25, 0.3) is 5.91 Å². The summed E-state index contributed by atoms with van der Waals surface area (Å²) in [7, 11) is -3.37. The standard InChI is InChI=1S/C31H35F3N2O6S/c1-3-41-20-25-17-27(42-26-13-9-23(10-14-26)31(32,33)34)18-36(25)24-11-5-22(6-12-24)30(38)35-29(19-37)21-7-15-28(16-8-21)43(39,40)4-2/h5-16,25,27,29,37H,3-4,17-20H2,1-2H3,(H,35,38)/t25-,27?,29?/m0/s1. The zero-order valence-electron chi connectivity index (χ0n) is 23.9. The number of sulfone groups is 1. The van der Waals surface area contributed by atoms with Gasteiger partial charge in [-0.2, -0.15) is 13.2 Å². The topological polar surface area (TPSA) is 105 Å². The molecule has 2 N–H and O–H groups in total. The number of hydrogen-bond donors (Lipinski definition) is 2. The molecule has 12 heteroatoms. The predicted molar refractivity (Wildman–Crippen MR) is 156 cm³/mol. The molecule has 1 fully saturated rings. The summed E-state index contributed by atoms with van der Waals surface area (Å²) in [5.74, 6) is -0.0900. The molecule has 232 valence electrons. The number of aliphatic hydroxyl groups excluding tert-OH is 1. The van der Waals surface area contributed by atoms with Gasteiger partial charge in [0.2, 0.25) is 0 Å². The third kappa shape index (κ3) is 8.07. The number of nitrogens with zero attached hydrogens (tertiary/aromatic N) is 1. The Kier molecular flexibility index (Phi) is 10.4. The van der Waals surface area contributed by atoms with Crippen molar-refractivity contribution in [2.45, 2.75) is 49.5 Å². The van der Waals surface area contributed by atoms with E-state index in [9.17, 15) is 31.5 Å². The smallest absolute Gasteiger partial charge is 0.416 e. The summed E-state index contributed by atoms with van der Waals surface area (Å²) >= 11 is 0. The number of carbonyl (C=O) groups excluding carboxylic acids is 1. The molecule has 0 bridgehead atoms. The van der Waals surface area contributed by atoms with Gasteiger partial charge in [-0.15, -0.1) is 0 Å². The molecule has 2 unspecified atom stereocenters. The third-order valence-corrected chi connectivity index (χ3v) is 9.10. The van der Waals surface area contributed by atoms with Crippen molar-refractivity contribution in [3.63, 3.8) is 0 Å². The van der Waals surface area contributed by atoms with Gasteiger partial charge in [0.05, 0.1) is 48.1 Å². The van der Waals surface area contributed by atoms with Crippen LogP contribution in [0.4, 0.5) is 18.9 Å². The molecule has 4 rings (SSSR count). The third-order valence-electron chi connectivity index (χ3n) is 7.35. The minimum absolute atomic E-state index is 0.0286. The monoisotopic (exact) mass is 620 g/mol. The zero-order valence-corrected chi connectivity index (χ0v) is 24.7. The van der Waals surface area contributed by atoms with Crippen molar-refractivity contribution < 1.29 is 41.0 Å². The highest BCUT2D eigenvalue weighted by Gasteiger charge is 2.34. The van der Waals surface area contributed by atoms with E-state index < -0.39 is 33.5 Å². The average Bonchev–Trinajstić information content (AvgIpc) is 3.40. The number of rotatable bonds is 12. The highest BCUT2D eigenvalue weighted by molar-refractivity contribution is 7.91. The Hall–Kier alpha value is -3.61. The van der Waals surface area contributed by atoms with E-state index in [1.165, 1.54) is 24.3 Å². The summed E-state index contributed by atoms with van der Waals surface area (Å²) < 4.78 is 74.6. The molecule has 1 aliphatic heterocycles. The molecule has 3 atom stereocenters. The lowest BCUT2D eigenvalue weighted by Gasteiger charge is -2.26. The Labute approximate surface area is 249 Å². The van der Waals surface area contributed by atoms with Crippen molar-refractivity contribution in [3.05, 3.63) is 89.5 Å². The summed E-state index contributed by atoms with van der Waals surface area (Å²) in [6, 6.07) is 16.8. The van der Waals surface area contributed by atoms with Crippen molar-refractivity contribution in [2.24, 2.45) is 0 Å². The quantitative estimate of drug-likeness (QED) is 0.293. The normalized spacial score (nSPS) is 18.0. The van der Waals surface area contributed by atoms with Crippen LogP contribution in [0.25, 0.3) is 0 Å². The largest absolute Gasteiger partial charge is 0.489 e. The van der Waals surface area contributed by atoms with Crippen molar-refractivity contribution in [2.75, 3.05) is 37.0 Å². The maximum atomic E-state index is 13.0. The first-order chi connectivity index (χ1) is 20.4. The lowest BCUT2D eigenvalue weighted by Crippen LogP contribution is -2.34. The van der Waals surface area contributed by atoms with E-state index in [2.05, 4.69) is 10.2 Å². The fraction of sp³-hybridized carbons (Fsp3) is 0.387. The van der Waals surface area contributed by atoms with Gasteiger partial charge in [-0.1, -0.05) is 19.1 Å².